The van der Waals surface area contributed by atoms with Crippen molar-refractivity contribution in [2.75, 3.05) is 0 Å². The van der Waals surface area contributed by atoms with Gasteiger partial charge in [-0.3, -0.25) is 0 Å². The summed E-state index contributed by atoms with van der Waals surface area (Å²) in [6.07, 6.45) is 0. The van der Waals surface area contributed by atoms with Crippen LogP contribution in [0.3, 0.4) is 0 Å². The second-order valence-corrected chi connectivity index (χ2v) is 14.0. The van der Waals surface area contributed by atoms with Crippen molar-refractivity contribution in [1.82, 2.24) is 19.5 Å². The van der Waals surface area contributed by atoms with Gasteiger partial charge in [-0.25, -0.2) is 15.0 Å². The molecule has 0 atom stereocenters. The summed E-state index contributed by atoms with van der Waals surface area (Å²) in [7, 11) is 0. The number of furan rings is 1. The predicted molar refractivity (Wildman–Crippen MR) is 229 cm³/mol. The summed E-state index contributed by atoms with van der Waals surface area (Å²) in [5, 5.41) is 4.54. The minimum atomic E-state index is 0.621. The van der Waals surface area contributed by atoms with E-state index in [1.165, 1.54) is 21.9 Å². The maximum absolute atomic E-state index is 6.59. The lowest BCUT2D eigenvalue weighted by atomic mass is 9.98. The van der Waals surface area contributed by atoms with E-state index in [1.54, 1.807) is 0 Å². The van der Waals surface area contributed by atoms with E-state index >= 15 is 0 Å². The minimum Gasteiger partial charge on any atom is -0.456 e. The van der Waals surface area contributed by atoms with Crippen molar-refractivity contribution in [3.05, 3.63) is 194 Å². The summed E-state index contributed by atoms with van der Waals surface area (Å²) < 4.78 is 8.94. The van der Waals surface area contributed by atoms with Crippen molar-refractivity contribution >= 4 is 43.7 Å². The van der Waals surface area contributed by atoms with Gasteiger partial charge in [-0.05, 0) is 58.7 Å². The lowest BCUT2D eigenvalue weighted by molar-refractivity contribution is 0.669. The SMILES string of the molecule is c1ccc(-c2ccc(-c3nc(-c4ccccc4)nc(-c4ccc(-c5cccc6oc7cc8c9ccccc9n(-c9ccccc9)c8cc7c56)cc4)n3)cc2)cc1. The number of fused-ring (bicyclic) bond motifs is 6. The zero-order chi connectivity index (χ0) is 37.0. The maximum atomic E-state index is 6.59. The fourth-order valence-corrected chi connectivity index (χ4v) is 7.98. The average molecular weight is 717 g/mol. The summed E-state index contributed by atoms with van der Waals surface area (Å²) >= 11 is 0. The number of aromatic nitrogens is 4. The van der Waals surface area contributed by atoms with Crippen LogP contribution >= 0.6 is 0 Å². The Morgan fingerprint density at radius 2 is 0.857 bits per heavy atom. The molecule has 0 aliphatic carbocycles. The molecule has 11 aromatic rings. The van der Waals surface area contributed by atoms with Gasteiger partial charge in [-0.15, -0.1) is 0 Å². The van der Waals surface area contributed by atoms with Crippen molar-refractivity contribution < 1.29 is 4.42 Å². The third-order valence-corrected chi connectivity index (χ3v) is 10.7. The van der Waals surface area contributed by atoms with Gasteiger partial charge in [-0.2, -0.15) is 0 Å². The summed E-state index contributed by atoms with van der Waals surface area (Å²) in [6.45, 7) is 0. The number of hydrogen-bond acceptors (Lipinski definition) is 4. The Kier molecular flexibility index (Phi) is 7.42. The molecular weight excluding hydrogens is 685 g/mol. The number of benzene rings is 8. The summed E-state index contributed by atoms with van der Waals surface area (Å²) in [5.74, 6) is 1.89. The van der Waals surface area contributed by atoms with Crippen LogP contribution in [0.2, 0.25) is 0 Å². The fraction of sp³-hybridized carbons (Fsp3) is 0. The van der Waals surface area contributed by atoms with Gasteiger partial charge in [0, 0.05) is 43.9 Å². The molecule has 0 spiro atoms. The molecule has 0 aliphatic heterocycles. The standard InChI is InChI=1S/C51H32N4O/c1-4-13-33(14-5-1)34-23-27-37(28-24-34)50-52-49(36-15-6-2-7-16-36)53-51(54-50)38-29-25-35(26-30-38)40-20-12-22-46-48(40)43-31-45-42(32-47(43)56-46)41-19-10-11-21-44(41)55(45)39-17-8-3-9-18-39/h1-32H. The monoisotopic (exact) mass is 716 g/mol. The molecule has 11 rings (SSSR count). The first-order valence-electron chi connectivity index (χ1n) is 18.8. The summed E-state index contributed by atoms with van der Waals surface area (Å²) in [4.78, 5) is 15.0. The van der Waals surface area contributed by atoms with Crippen molar-refractivity contribution in [2.45, 2.75) is 0 Å². The van der Waals surface area contributed by atoms with E-state index in [2.05, 4.69) is 162 Å². The van der Waals surface area contributed by atoms with Crippen molar-refractivity contribution in [1.29, 1.82) is 0 Å². The molecule has 0 saturated carbocycles. The lowest BCUT2D eigenvalue weighted by Gasteiger charge is -2.10. The highest BCUT2D eigenvalue weighted by Gasteiger charge is 2.19. The van der Waals surface area contributed by atoms with Crippen LogP contribution in [0, 0.1) is 0 Å². The van der Waals surface area contributed by atoms with Gasteiger partial charge in [0.1, 0.15) is 11.2 Å². The first kappa shape index (κ1) is 31.9. The highest BCUT2D eigenvalue weighted by molar-refractivity contribution is 6.19. The zero-order valence-electron chi connectivity index (χ0n) is 30.2. The second-order valence-electron chi connectivity index (χ2n) is 14.0. The molecule has 262 valence electrons. The number of nitrogens with zero attached hydrogens (tertiary/aromatic N) is 4. The highest BCUT2D eigenvalue weighted by Crippen LogP contribution is 2.41. The normalized spacial score (nSPS) is 11.6. The molecule has 0 saturated heterocycles. The molecule has 56 heavy (non-hydrogen) atoms. The smallest absolute Gasteiger partial charge is 0.164 e. The van der Waals surface area contributed by atoms with Crippen LogP contribution in [-0.2, 0) is 0 Å². The van der Waals surface area contributed by atoms with Crippen LogP contribution in [0.15, 0.2) is 199 Å². The van der Waals surface area contributed by atoms with E-state index in [-0.39, 0.29) is 0 Å². The van der Waals surface area contributed by atoms with Crippen LogP contribution in [-0.4, -0.2) is 19.5 Å². The van der Waals surface area contributed by atoms with Crippen LogP contribution in [0.4, 0.5) is 0 Å². The van der Waals surface area contributed by atoms with Crippen molar-refractivity contribution in [3.8, 4) is 62.1 Å². The third kappa shape index (κ3) is 5.37. The lowest BCUT2D eigenvalue weighted by Crippen LogP contribution is -2.00. The quantitative estimate of drug-likeness (QED) is 0.172. The van der Waals surface area contributed by atoms with E-state index in [0.29, 0.717) is 17.5 Å². The Labute approximate surface area is 322 Å². The van der Waals surface area contributed by atoms with Gasteiger partial charge in [0.05, 0.1) is 11.0 Å². The van der Waals surface area contributed by atoms with Crippen LogP contribution in [0.5, 0.6) is 0 Å². The van der Waals surface area contributed by atoms with Gasteiger partial charge in [0.25, 0.3) is 0 Å². The Morgan fingerprint density at radius 1 is 0.339 bits per heavy atom. The van der Waals surface area contributed by atoms with Crippen molar-refractivity contribution in [3.63, 3.8) is 0 Å². The van der Waals surface area contributed by atoms with Gasteiger partial charge in [0.2, 0.25) is 0 Å². The van der Waals surface area contributed by atoms with Gasteiger partial charge < -0.3 is 8.98 Å². The summed E-state index contributed by atoms with van der Waals surface area (Å²) in [6, 6.07) is 67.4. The topological polar surface area (TPSA) is 56.7 Å². The molecule has 0 unspecified atom stereocenters. The predicted octanol–water partition coefficient (Wildman–Crippen LogP) is 13.2. The Morgan fingerprint density at radius 3 is 1.52 bits per heavy atom. The van der Waals surface area contributed by atoms with E-state index < -0.39 is 0 Å². The zero-order valence-corrected chi connectivity index (χ0v) is 30.2. The second kappa shape index (κ2) is 13.0. The molecule has 8 aromatic carbocycles. The van der Waals surface area contributed by atoms with Crippen LogP contribution < -0.4 is 0 Å². The molecular formula is C51H32N4O. The third-order valence-electron chi connectivity index (χ3n) is 10.7. The Bertz CT molecular complexity index is 3200. The fourth-order valence-electron chi connectivity index (χ4n) is 7.98. The van der Waals surface area contributed by atoms with E-state index in [4.69, 9.17) is 19.4 Å². The molecule has 0 radical (unpaired) electrons. The first-order valence-corrected chi connectivity index (χ1v) is 18.8. The number of hydrogen-bond donors (Lipinski definition) is 0. The molecule has 0 aliphatic rings. The Hall–Kier alpha value is -7.63. The molecule has 3 aromatic heterocycles. The highest BCUT2D eigenvalue weighted by atomic mass is 16.3. The van der Waals surface area contributed by atoms with Gasteiger partial charge >= 0.3 is 0 Å². The summed E-state index contributed by atoms with van der Waals surface area (Å²) in [5.41, 5.74) is 12.5. The van der Waals surface area contributed by atoms with Crippen LogP contribution in [0.25, 0.3) is 106 Å². The molecule has 5 nitrogen and oxygen atoms in total. The first-order chi connectivity index (χ1) is 27.7. The van der Waals surface area contributed by atoms with E-state index in [0.717, 1.165) is 66.5 Å². The van der Waals surface area contributed by atoms with Gasteiger partial charge in [0.15, 0.2) is 17.5 Å². The molecule has 0 bridgehead atoms. The molecule has 0 amide bonds. The van der Waals surface area contributed by atoms with E-state index in [1.807, 2.05) is 36.4 Å². The van der Waals surface area contributed by atoms with Crippen LogP contribution in [0.1, 0.15) is 0 Å². The number of rotatable bonds is 6. The van der Waals surface area contributed by atoms with E-state index in [9.17, 15) is 0 Å². The molecule has 0 N–H and O–H groups in total. The largest absolute Gasteiger partial charge is 0.456 e. The van der Waals surface area contributed by atoms with Gasteiger partial charge in [-0.1, -0.05) is 158 Å². The molecule has 5 heteroatoms. The maximum Gasteiger partial charge on any atom is 0.164 e. The van der Waals surface area contributed by atoms with Crippen molar-refractivity contribution in [2.24, 2.45) is 0 Å². The Balaban J connectivity index is 1.02. The molecule has 3 heterocycles. The number of para-hydroxylation sites is 2. The minimum absolute atomic E-state index is 0.621. The molecule has 0 fully saturated rings. The average Bonchev–Trinajstić information content (AvgIpc) is 3.81.